The van der Waals surface area contributed by atoms with Gasteiger partial charge in [0.25, 0.3) is 0 Å². The Bertz CT molecular complexity index is 1080. The van der Waals surface area contributed by atoms with Crippen LogP contribution in [0, 0.1) is 0 Å². The Morgan fingerprint density at radius 3 is 2.47 bits per heavy atom. The van der Waals surface area contributed by atoms with Crippen LogP contribution in [0.3, 0.4) is 0 Å². The van der Waals surface area contributed by atoms with Gasteiger partial charge < -0.3 is 9.32 Å². The van der Waals surface area contributed by atoms with Gasteiger partial charge in [0.15, 0.2) is 0 Å². The van der Waals surface area contributed by atoms with Gasteiger partial charge in [0.05, 0.1) is 12.7 Å². The first-order valence-corrected chi connectivity index (χ1v) is 10.1. The highest BCUT2D eigenvalue weighted by atomic mass is 16.3. The quantitative estimate of drug-likeness (QED) is 0.428. The molecule has 0 N–H and O–H groups in total. The zero-order valence-corrected chi connectivity index (χ0v) is 17.1. The molecule has 0 aliphatic carbocycles. The molecule has 4 rings (SSSR count). The standard InChI is InChI=1S/C25H25N3O2/c1-27(17-21-16-26-28(19-21)18-20-8-4-2-5-9-20)25(29)15-13-23-12-14-24(30-23)22-10-6-3-7-11-22/h2-12,14,16,19H,13,15,17-18H2,1H3. The van der Waals surface area contributed by atoms with Gasteiger partial charge in [-0.15, -0.1) is 0 Å². The summed E-state index contributed by atoms with van der Waals surface area (Å²) in [6.07, 6.45) is 4.82. The third-order valence-electron chi connectivity index (χ3n) is 5.02. The van der Waals surface area contributed by atoms with E-state index in [1.165, 1.54) is 5.56 Å². The van der Waals surface area contributed by atoms with E-state index in [4.69, 9.17) is 4.42 Å². The smallest absolute Gasteiger partial charge is 0.223 e. The predicted molar refractivity (Wildman–Crippen MR) is 117 cm³/mol. The zero-order chi connectivity index (χ0) is 20.8. The molecule has 30 heavy (non-hydrogen) atoms. The fraction of sp³-hybridized carbons (Fsp3) is 0.200. The minimum atomic E-state index is 0.0865. The number of hydrogen-bond donors (Lipinski definition) is 0. The van der Waals surface area contributed by atoms with Crippen molar-refractivity contribution in [2.45, 2.75) is 25.9 Å². The van der Waals surface area contributed by atoms with Crippen molar-refractivity contribution >= 4 is 5.91 Å². The lowest BCUT2D eigenvalue weighted by Gasteiger charge is -2.15. The first kappa shape index (κ1) is 19.7. The van der Waals surface area contributed by atoms with E-state index >= 15 is 0 Å². The Morgan fingerprint density at radius 2 is 1.70 bits per heavy atom. The Hall–Kier alpha value is -3.60. The summed E-state index contributed by atoms with van der Waals surface area (Å²) in [6.45, 7) is 1.27. The molecule has 0 bridgehead atoms. The minimum absolute atomic E-state index is 0.0865. The average Bonchev–Trinajstić information content (AvgIpc) is 3.43. The summed E-state index contributed by atoms with van der Waals surface area (Å²) in [5.74, 6) is 1.74. The van der Waals surface area contributed by atoms with Gasteiger partial charge in [0, 0.05) is 43.8 Å². The van der Waals surface area contributed by atoms with E-state index in [-0.39, 0.29) is 5.91 Å². The van der Waals surface area contributed by atoms with Crippen molar-refractivity contribution in [2.75, 3.05) is 7.05 Å². The number of furan rings is 1. The molecule has 0 radical (unpaired) electrons. The maximum absolute atomic E-state index is 12.6. The minimum Gasteiger partial charge on any atom is -0.461 e. The zero-order valence-electron chi connectivity index (χ0n) is 17.1. The van der Waals surface area contributed by atoms with Crippen LogP contribution in [0.4, 0.5) is 0 Å². The van der Waals surface area contributed by atoms with Crippen molar-refractivity contribution in [1.82, 2.24) is 14.7 Å². The Kier molecular flexibility index (Phi) is 6.09. The van der Waals surface area contributed by atoms with Crippen LogP contribution in [0.5, 0.6) is 0 Å². The fourth-order valence-corrected chi connectivity index (χ4v) is 3.40. The van der Waals surface area contributed by atoms with Gasteiger partial charge in [-0.2, -0.15) is 5.10 Å². The fourth-order valence-electron chi connectivity index (χ4n) is 3.40. The van der Waals surface area contributed by atoms with Crippen LogP contribution in [0.25, 0.3) is 11.3 Å². The van der Waals surface area contributed by atoms with Crippen molar-refractivity contribution in [3.8, 4) is 11.3 Å². The van der Waals surface area contributed by atoms with E-state index in [9.17, 15) is 4.79 Å². The van der Waals surface area contributed by atoms with Gasteiger partial charge >= 0.3 is 0 Å². The molecule has 0 aliphatic heterocycles. The highest BCUT2D eigenvalue weighted by Gasteiger charge is 2.13. The maximum atomic E-state index is 12.6. The second-order valence-corrected chi connectivity index (χ2v) is 7.41. The van der Waals surface area contributed by atoms with Crippen LogP contribution in [-0.2, 0) is 24.3 Å². The van der Waals surface area contributed by atoms with Gasteiger partial charge in [0.2, 0.25) is 5.91 Å². The maximum Gasteiger partial charge on any atom is 0.223 e. The molecule has 2 aromatic heterocycles. The van der Waals surface area contributed by atoms with E-state index < -0.39 is 0 Å². The highest BCUT2D eigenvalue weighted by molar-refractivity contribution is 5.76. The molecule has 0 aliphatic rings. The number of aryl methyl sites for hydroxylation is 1. The van der Waals surface area contributed by atoms with Crippen LogP contribution in [-0.4, -0.2) is 27.6 Å². The number of aromatic nitrogens is 2. The van der Waals surface area contributed by atoms with E-state index in [2.05, 4.69) is 17.2 Å². The van der Waals surface area contributed by atoms with Crippen molar-refractivity contribution in [2.24, 2.45) is 0 Å². The Labute approximate surface area is 176 Å². The Balaban J connectivity index is 1.28. The lowest BCUT2D eigenvalue weighted by Crippen LogP contribution is -2.26. The number of amides is 1. The summed E-state index contributed by atoms with van der Waals surface area (Å²) in [4.78, 5) is 14.3. The van der Waals surface area contributed by atoms with Gasteiger partial charge in [-0.1, -0.05) is 60.7 Å². The molecule has 0 unspecified atom stereocenters. The Morgan fingerprint density at radius 1 is 0.967 bits per heavy atom. The predicted octanol–water partition coefficient (Wildman–Crippen LogP) is 4.78. The summed E-state index contributed by atoms with van der Waals surface area (Å²) in [7, 11) is 1.83. The van der Waals surface area contributed by atoms with E-state index in [0.29, 0.717) is 19.4 Å². The number of rotatable bonds is 8. The molecule has 152 valence electrons. The topological polar surface area (TPSA) is 51.3 Å². The SMILES string of the molecule is CN(Cc1cnn(Cc2ccccc2)c1)C(=O)CCc1ccc(-c2ccccc2)o1. The van der Waals surface area contributed by atoms with Crippen LogP contribution in [0.15, 0.2) is 89.6 Å². The van der Waals surface area contributed by atoms with Gasteiger partial charge in [-0.05, 0) is 17.7 Å². The van der Waals surface area contributed by atoms with Gasteiger partial charge in [-0.3, -0.25) is 9.48 Å². The number of carbonyl (C=O) groups excluding carboxylic acids is 1. The van der Waals surface area contributed by atoms with E-state index in [0.717, 1.165) is 29.2 Å². The van der Waals surface area contributed by atoms with Crippen LogP contribution in [0.1, 0.15) is 23.3 Å². The normalized spacial score (nSPS) is 10.8. The molecule has 0 atom stereocenters. The molecule has 1 amide bonds. The van der Waals surface area contributed by atoms with Crippen molar-refractivity contribution in [3.63, 3.8) is 0 Å². The summed E-state index contributed by atoms with van der Waals surface area (Å²) >= 11 is 0. The molecular weight excluding hydrogens is 374 g/mol. The lowest BCUT2D eigenvalue weighted by atomic mass is 10.2. The monoisotopic (exact) mass is 399 g/mol. The first-order valence-electron chi connectivity index (χ1n) is 10.1. The highest BCUT2D eigenvalue weighted by Crippen LogP contribution is 2.22. The van der Waals surface area contributed by atoms with Crippen LogP contribution < -0.4 is 0 Å². The second-order valence-electron chi connectivity index (χ2n) is 7.41. The molecule has 5 heteroatoms. The molecule has 5 nitrogen and oxygen atoms in total. The molecular formula is C25H25N3O2. The van der Waals surface area contributed by atoms with Crippen molar-refractivity contribution in [1.29, 1.82) is 0 Å². The third-order valence-corrected chi connectivity index (χ3v) is 5.02. The van der Waals surface area contributed by atoms with Gasteiger partial charge in [0.1, 0.15) is 11.5 Å². The van der Waals surface area contributed by atoms with Crippen molar-refractivity contribution < 1.29 is 9.21 Å². The van der Waals surface area contributed by atoms with Crippen LogP contribution in [0.2, 0.25) is 0 Å². The first-order chi connectivity index (χ1) is 14.7. The van der Waals surface area contributed by atoms with E-state index in [1.54, 1.807) is 4.90 Å². The molecule has 2 aromatic carbocycles. The lowest BCUT2D eigenvalue weighted by molar-refractivity contribution is -0.130. The summed E-state index contributed by atoms with van der Waals surface area (Å²) in [5.41, 5.74) is 3.26. The summed E-state index contributed by atoms with van der Waals surface area (Å²) < 4.78 is 7.79. The average molecular weight is 399 g/mol. The molecule has 4 aromatic rings. The molecule has 0 fully saturated rings. The third kappa shape index (κ3) is 5.06. The van der Waals surface area contributed by atoms with Crippen LogP contribution >= 0.6 is 0 Å². The number of carbonyl (C=O) groups is 1. The molecule has 0 spiro atoms. The largest absolute Gasteiger partial charge is 0.461 e. The molecule has 2 heterocycles. The molecule has 0 saturated carbocycles. The number of nitrogens with zero attached hydrogens (tertiary/aromatic N) is 3. The number of hydrogen-bond acceptors (Lipinski definition) is 3. The second kappa shape index (κ2) is 9.27. The van der Waals surface area contributed by atoms with Crippen molar-refractivity contribution in [3.05, 3.63) is 102 Å². The summed E-state index contributed by atoms with van der Waals surface area (Å²) in [6, 6.07) is 24.1. The summed E-state index contributed by atoms with van der Waals surface area (Å²) in [5, 5.41) is 4.41. The molecule has 0 saturated heterocycles. The van der Waals surface area contributed by atoms with Gasteiger partial charge in [-0.25, -0.2) is 0 Å². The van der Waals surface area contributed by atoms with E-state index in [1.807, 2.05) is 84.8 Å². The number of benzene rings is 2.